The number of nitrogens with zero attached hydrogens (tertiary/aromatic N) is 3. The molecule has 1 aromatic carbocycles. The van der Waals surface area contributed by atoms with Gasteiger partial charge < -0.3 is 9.84 Å². The number of thiophene rings is 1. The van der Waals surface area contributed by atoms with Crippen LogP contribution >= 0.6 is 11.3 Å². The average Bonchev–Trinajstić information content (AvgIpc) is 3.26. The maximum atomic E-state index is 11.5. The van der Waals surface area contributed by atoms with Gasteiger partial charge >= 0.3 is 0 Å². The van der Waals surface area contributed by atoms with Crippen LogP contribution in [0.1, 0.15) is 21.8 Å². The number of aromatic nitrogens is 2. The summed E-state index contributed by atoms with van der Waals surface area (Å²) in [5, 5.41) is 10.6. The van der Waals surface area contributed by atoms with E-state index in [1.165, 1.54) is 0 Å². The molecule has 24 heavy (non-hydrogen) atoms. The first kappa shape index (κ1) is 16.4. The zero-order chi connectivity index (χ0) is 16.9. The van der Waals surface area contributed by atoms with Gasteiger partial charge in [-0.15, -0.1) is 0 Å². The van der Waals surface area contributed by atoms with Crippen molar-refractivity contribution in [1.29, 1.82) is 0 Å². The monoisotopic (exact) mass is 342 g/mol. The Bertz CT molecular complexity index is 796. The lowest BCUT2D eigenvalue weighted by Crippen LogP contribution is -2.19. The third-order valence-corrected chi connectivity index (χ3v) is 4.23. The Hall–Kier alpha value is -2.51. The van der Waals surface area contributed by atoms with Crippen LogP contribution in [-0.4, -0.2) is 35.0 Å². The van der Waals surface area contributed by atoms with Gasteiger partial charge in [-0.1, -0.05) is 17.3 Å². The van der Waals surface area contributed by atoms with Gasteiger partial charge in [0.25, 0.3) is 5.91 Å². The molecule has 1 amide bonds. The van der Waals surface area contributed by atoms with E-state index in [9.17, 15) is 4.79 Å². The maximum Gasteiger partial charge on any atom is 0.251 e. The van der Waals surface area contributed by atoms with Gasteiger partial charge in [0.15, 0.2) is 0 Å². The van der Waals surface area contributed by atoms with Crippen LogP contribution in [0.4, 0.5) is 0 Å². The number of hydrogen-bond donors (Lipinski definition) is 1. The molecular formula is C17H18N4O2S. The smallest absolute Gasteiger partial charge is 0.251 e. The van der Waals surface area contributed by atoms with E-state index in [0.717, 1.165) is 17.7 Å². The van der Waals surface area contributed by atoms with Crippen LogP contribution in [0.5, 0.6) is 0 Å². The van der Waals surface area contributed by atoms with Crippen LogP contribution in [-0.2, 0) is 13.1 Å². The molecule has 0 radical (unpaired) electrons. The minimum Gasteiger partial charge on any atom is -0.355 e. The van der Waals surface area contributed by atoms with E-state index in [0.29, 0.717) is 23.8 Å². The molecule has 0 bridgehead atoms. The summed E-state index contributed by atoms with van der Waals surface area (Å²) in [4.78, 5) is 18.0. The van der Waals surface area contributed by atoms with Crippen molar-refractivity contribution in [3.05, 3.63) is 58.1 Å². The fourth-order valence-corrected chi connectivity index (χ4v) is 2.97. The molecule has 0 spiro atoms. The summed E-state index contributed by atoms with van der Waals surface area (Å²) in [7, 11) is 3.61. The highest BCUT2D eigenvalue weighted by Gasteiger charge is 2.11. The fourth-order valence-electron chi connectivity index (χ4n) is 2.33. The van der Waals surface area contributed by atoms with Gasteiger partial charge in [-0.25, -0.2) is 0 Å². The second-order valence-corrected chi connectivity index (χ2v) is 6.25. The van der Waals surface area contributed by atoms with E-state index < -0.39 is 0 Å². The summed E-state index contributed by atoms with van der Waals surface area (Å²) in [6.07, 6.45) is 0. The van der Waals surface area contributed by atoms with Crippen LogP contribution in [0.25, 0.3) is 11.4 Å². The molecule has 0 aliphatic rings. The summed E-state index contributed by atoms with van der Waals surface area (Å²) in [6.45, 7) is 1.29. The molecule has 0 unspecified atom stereocenters. The largest absolute Gasteiger partial charge is 0.355 e. The summed E-state index contributed by atoms with van der Waals surface area (Å²) < 4.78 is 5.31. The molecule has 0 aliphatic heterocycles. The van der Waals surface area contributed by atoms with Gasteiger partial charge in [-0.3, -0.25) is 9.69 Å². The molecule has 0 fully saturated rings. The van der Waals surface area contributed by atoms with E-state index in [1.807, 2.05) is 48.1 Å². The topological polar surface area (TPSA) is 71.3 Å². The molecule has 1 N–H and O–H groups in total. The van der Waals surface area contributed by atoms with Crippen molar-refractivity contribution >= 4 is 17.2 Å². The lowest BCUT2D eigenvalue weighted by Gasteiger charge is -2.14. The molecule has 2 aromatic heterocycles. The van der Waals surface area contributed by atoms with Gasteiger partial charge in [-0.05, 0) is 36.2 Å². The number of rotatable bonds is 6. The van der Waals surface area contributed by atoms with Crippen molar-refractivity contribution in [2.45, 2.75) is 13.1 Å². The number of nitrogens with one attached hydrogen (secondary N) is 1. The van der Waals surface area contributed by atoms with E-state index >= 15 is 0 Å². The Kier molecular flexibility index (Phi) is 5.02. The van der Waals surface area contributed by atoms with Gasteiger partial charge in [0.05, 0.1) is 6.54 Å². The van der Waals surface area contributed by atoms with Crippen LogP contribution in [0.3, 0.4) is 0 Å². The Morgan fingerprint density at radius 1 is 1.25 bits per heavy atom. The molecule has 3 aromatic rings. The summed E-state index contributed by atoms with van der Waals surface area (Å²) in [5.74, 6) is 1.12. The highest BCUT2D eigenvalue weighted by Crippen LogP contribution is 2.19. The van der Waals surface area contributed by atoms with E-state index in [-0.39, 0.29) is 5.91 Å². The van der Waals surface area contributed by atoms with Crippen LogP contribution in [0, 0.1) is 0 Å². The lowest BCUT2D eigenvalue weighted by atomic mass is 10.1. The van der Waals surface area contributed by atoms with E-state index in [1.54, 1.807) is 18.4 Å². The van der Waals surface area contributed by atoms with Crippen molar-refractivity contribution in [2.24, 2.45) is 0 Å². The zero-order valence-corrected chi connectivity index (χ0v) is 14.3. The van der Waals surface area contributed by atoms with Gasteiger partial charge in [0, 0.05) is 30.1 Å². The SMILES string of the molecule is CNC(=O)c1ccc(CN(C)Cc2nc(-c3ccsc3)no2)cc1. The fraction of sp³-hybridized carbons (Fsp3) is 0.235. The Morgan fingerprint density at radius 2 is 2.04 bits per heavy atom. The second kappa shape index (κ2) is 7.37. The molecule has 3 rings (SSSR count). The van der Waals surface area contributed by atoms with Crippen LogP contribution in [0.15, 0.2) is 45.6 Å². The number of hydrogen-bond acceptors (Lipinski definition) is 6. The minimum absolute atomic E-state index is 0.0817. The molecule has 0 aliphatic carbocycles. The molecule has 0 saturated heterocycles. The molecular weight excluding hydrogens is 324 g/mol. The average molecular weight is 342 g/mol. The summed E-state index contributed by atoms with van der Waals surface area (Å²) >= 11 is 1.60. The Labute approximate surface area is 144 Å². The first-order chi connectivity index (χ1) is 11.7. The summed E-state index contributed by atoms with van der Waals surface area (Å²) in [6, 6.07) is 9.52. The minimum atomic E-state index is -0.0817. The summed E-state index contributed by atoms with van der Waals surface area (Å²) in [5.41, 5.74) is 2.74. The van der Waals surface area contributed by atoms with Crippen molar-refractivity contribution in [3.8, 4) is 11.4 Å². The van der Waals surface area contributed by atoms with Crippen LogP contribution < -0.4 is 5.32 Å². The standard InChI is InChI=1S/C17H18N4O2S/c1-18-17(22)13-5-3-12(4-6-13)9-21(2)10-15-19-16(20-23-15)14-7-8-24-11-14/h3-8,11H,9-10H2,1-2H3,(H,18,22). The predicted molar refractivity (Wildman–Crippen MR) is 92.6 cm³/mol. The van der Waals surface area contributed by atoms with E-state index in [4.69, 9.17) is 4.52 Å². The lowest BCUT2D eigenvalue weighted by molar-refractivity contribution is 0.0963. The van der Waals surface area contributed by atoms with Crippen molar-refractivity contribution < 1.29 is 9.32 Å². The number of amides is 1. The molecule has 6 nitrogen and oxygen atoms in total. The highest BCUT2D eigenvalue weighted by atomic mass is 32.1. The highest BCUT2D eigenvalue weighted by molar-refractivity contribution is 7.08. The maximum absolute atomic E-state index is 11.5. The first-order valence-electron chi connectivity index (χ1n) is 7.50. The van der Waals surface area contributed by atoms with Gasteiger partial charge in [-0.2, -0.15) is 16.3 Å². The van der Waals surface area contributed by atoms with E-state index in [2.05, 4.69) is 20.4 Å². The third-order valence-electron chi connectivity index (χ3n) is 3.55. The van der Waals surface area contributed by atoms with Crippen molar-refractivity contribution in [3.63, 3.8) is 0 Å². The molecule has 7 heteroatoms. The van der Waals surface area contributed by atoms with Crippen molar-refractivity contribution in [2.75, 3.05) is 14.1 Å². The third kappa shape index (κ3) is 3.87. The molecule has 2 heterocycles. The number of benzene rings is 1. The van der Waals surface area contributed by atoms with Gasteiger partial charge in [0.2, 0.25) is 11.7 Å². The van der Waals surface area contributed by atoms with Gasteiger partial charge in [0.1, 0.15) is 0 Å². The zero-order valence-electron chi connectivity index (χ0n) is 13.5. The van der Waals surface area contributed by atoms with Crippen molar-refractivity contribution in [1.82, 2.24) is 20.4 Å². The molecule has 0 atom stereocenters. The normalized spacial score (nSPS) is 11.0. The second-order valence-electron chi connectivity index (χ2n) is 5.47. The molecule has 124 valence electrons. The molecule has 0 saturated carbocycles. The van der Waals surface area contributed by atoms with Crippen LogP contribution in [0.2, 0.25) is 0 Å². The Morgan fingerprint density at radius 3 is 2.71 bits per heavy atom. The Balaban J connectivity index is 1.59. The number of carbonyl (C=O) groups excluding carboxylic acids is 1. The quantitative estimate of drug-likeness (QED) is 0.746. The predicted octanol–water partition coefficient (Wildman–Crippen LogP) is 2.79. The first-order valence-corrected chi connectivity index (χ1v) is 8.44. The number of carbonyl (C=O) groups is 1.